The number of imidazole rings is 1. The van der Waals surface area contributed by atoms with Crippen LogP contribution in [0.15, 0.2) is 4.79 Å². The first-order chi connectivity index (χ1) is 15.5. The predicted molar refractivity (Wildman–Crippen MR) is 124 cm³/mol. The summed E-state index contributed by atoms with van der Waals surface area (Å²) in [5.74, 6) is 7.17. The van der Waals surface area contributed by atoms with E-state index in [1.165, 1.54) is 6.42 Å². The van der Waals surface area contributed by atoms with Crippen LogP contribution in [0.1, 0.15) is 46.0 Å². The van der Waals surface area contributed by atoms with Gasteiger partial charge in [0.05, 0.1) is 19.1 Å². The number of hydrogen-bond donors (Lipinski definition) is 0. The molecule has 0 radical (unpaired) electrons. The van der Waals surface area contributed by atoms with E-state index in [4.69, 9.17) is 14.7 Å². The van der Waals surface area contributed by atoms with Gasteiger partial charge in [0.15, 0.2) is 11.2 Å². The summed E-state index contributed by atoms with van der Waals surface area (Å²) in [6.45, 7) is 7.59. The molecule has 2 aliphatic rings. The van der Waals surface area contributed by atoms with Crippen LogP contribution in [-0.2, 0) is 23.1 Å². The third kappa shape index (κ3) is 4.18. The van der Waals surface area contributed by atoms with Gasteiger partial charge < -0.3 is 14.5 Å². The summed E-state index contributed by atoms with van der Waals surface area (Å²) in [5.41, 5.74) is 0.848. The molecule has 2 fully saturated rings. The summed E-state index contributed by atoms with van der Waals surface area (Å²) >= 11 is 0. The van der Waals surface area contributed by atoms with Crippen molar-refractivity contribution in [1.29, 1.82) is 0 Å². The van der Waals surface area contributed by atoms with Gasteiger partial charge in [-0.25, -0.2) is 0 Å². The Morgan fingerprint density at radius 1 is 1.06 bits per heavy atom. The Labute approximate surface area is 188 Å². The first-order valence-corrected chi connectivity index (χ1v) is 11.6. The normalized spacial score (nSPS) is 17.3. The van der Waals surface area contributed by atoms with Gasteiger partial charge in [0.25, 0.3) is 5.56 Å². The van der Waals surface area contributed by atoms with Crippen LogP contribution in [0.2, 0.25) is 0 Å². The van der Waals surface area contributed by atoms with Gasteiger partial charge in [-0.15, -0.1) is 5.92 Å². The highest BCUT2D eigenvalue weighted by molar-refractivity contribution is 5.76. The Kier molecular flexibility index (Phi) is 6.68. The van der Waals surface area contributed by atoms with Crippen LogP contribution in [0.25, 0.3) is 11.2 Å². The Morgan fingerprint density at radius 3 is 2.38 bits per heavy atom. The number of ether oxygens (including phenoxy) is 1. The number of fused-ring (bicyclic) bond motifs is 1. The minimum Gasteiger partial charge on any atom is -0.466 e. The average Bonchev–Trinajstić information content (AvgIpc) is 3.19. The van der Waals surface area contributed by atoms with Crippen LogP contribution in [0.5, 0.6) is 0 Å². The van der Waals surface area contributed by atoms with Crippen molar-refractivity contribution in [3.8, 4) is 11.8 Å². The van der Waals surface area contributed by atoms with E-state index in [1.54, 1.807) is 18.5 Å². The van der Waals surface area contributed by atoms with Gasteiger partial charge in [-0.1, -0.05) is 5.92 Å². The van der Waals surface area contributed by atoms with E-state index in [-0.39, 0.29) is 17.4 Å². The molecule has 4 heterocycles. The highest BCUT2D eigenvalue weighted by atomic mass is 16.5. The molecule has 0 bridgehead atoms. The summed E-state index contributed by atoms with van der Waals surface area (Å²) in [6.07, 6.45) is 4.83. The van der Waals surface area contributed by atoms with Gasteiger partial charge >= 0.3 is 5.97 Å². The lowest BCUT2D eigenvalue weighted by atomic mass is 9.97. The second-order valence-corrected chi connectivity index (χ2v) is 8.43. The van der Waals surface area contributed by atoms with Crippen molar-refractivity contribution in [1.82, 2.24) is 19.1 Å². The SMILES string of the molecule is CC#CCn1c(N2CCCCC2)nc2nc(N3CCC(C(=O)OCC)CC3)n(C)c(=O)c21. The van der Waals surface area contributed by atoms with Crippen molar-refractivity contribution in [3.63, 3.8) is 0 Å². The summed E-state index contributed by atoms with van der Waals surface area (Å²) in [4.78, 5) is 39.4. The first kappa shape index (κ1) is 22.2. The van der Waals surface area contributed by atoms with Crippen molar-refractivity contribution in [2.75, 3.05) is 42.6 Å². The van der Waals surface area contributed by atoms with Gasteiger partial charge in [0.2, 0.25) is 11.9 Å². The van der Waals surface area contributed by atoms with E-state index in [1.807, 2.05) is 11.5 Å². The quantitative estimate of drug-likeness (QED) is 0.519. The molecule has 2 aliphatic heterocycles. The summed E-state index contributed by atoms with van der Waals surface area (Å²) < 4.78 is 8.69. The Balaban J connectivity index is 1.69. The Hall–Kier alpha value is -3.02. The average molecular weight is 441 g/mol. The molecular weight excluding hydrogens is 408 g/mol. The van der Waals surface area contributed by atoms with E-state index in [9.17, 15) is 9.59 Å². The van der Waals surface area contributed by atoms with Gasteiger partial charge in [0, 0.05) is 33.2 Å². The molecule has 0 aromatic carbocycles. The highest BCUT2D eigenvalue weighted by Crippen LogP contribution is 2.26. The van der Waals surface area contributed by atoms with Crippen LogP contribution in [-0.4, -0.2) is 57.9 Å². The zero-order valence-corrected chi connectivity index (χ0v) is 19.3. The number of hydrogen-bond acceptors (Lipinski definition) is 7. The monoisotopic (exact) mass is 440 g/mol. The Morgan fingerprint density at radius 2 is 1.72 bits per heavy atom. The topological polar surface area (TPSA) is 85.5 Å². The number of nitrogens with zero attached hydrogens (tertiary/aromatic N) is 6. The van der Waals surface area contributed by atoms with Crippen LogP contribution < -0.4 is 15.4 Å². The molecule has 0 unspecified atom stereocenters. The molecule has 0 amide bonds. The lowest BCUT2D eigenvalue weighted by Gasteiger charge is -2.32. The maximum absolute atomic E-state index is 13.4. The molecule has 2 aromatic rings. The molecule has 0 aliphatic carbocycles. The highest BCUT2D eigenvalue weighted by Gasteiger charge is 2.29. The minimum absolute atomic E-state index is 0.0931. The van der Waals surface area contributed by atoms with Gasteiger partial charge in [-0.3, -0.25) is 18.7 Å². The third-order valence-electron chi connectivity index (χ3n) is 6.39. The second kappa shape index (κ2) is 9.63. The van der Waals surface area contributed by atoms with E-state index < -0.39 is 0 Å². The summed E-state index contributed by atoms with van der Waals surface area (Å²) in [5, 5.41) is 0. The van der Waals surface area contributed by atoms with Crippen molar-refractivity contribution >= 4 is 29.0 Å². The smallest absolute Gasteiger partial charge is 0.309 e. The van der Waals surface area contributed by atoms with Gasteiger partial charge in [0.1, 0.15) is 0 Å². The van der Waals surface area contributed by atoms with E-state index in [0.717, 1.165) is 31.9 Å². The van der Waals surface area contributed by atoms with Crippen molar-refractivity contribution < 1.29 is 9.53 Å². The van der Waals surface area contributed by atoms with Crippen molar-refractivity contribution in [2.45, 2.75) is 52.5 Å². The fourth-order valence-electron chi connectivity index (χ4n) is 4.64. The zero-order chi connectivity index (χ0) is 22.7. The molecule has 0 saturated carbocycles. The van der Waals surface area contributed by atoms with Crippen molar-refractivity contribution in [3.05, 3.63) is 10.4 Å². The first-order valence-electron chi connectivity index (χ1n) is 11.6. The van der Waals surface area contributed by atoms with Crippen LogP contribution in [0.4, 0.5) is 11.9 Å². The lowest BCUT2D eigenvalue weighted by Crippen LogP contribution is -2.40. The third-order valence-corrected chi connectivity index (χ3v) is 6.39. The fourth-order valence-corrected chi connectivity index (χ4v) is 4.64. The maximum atomic E-state index is 13.4. The molecule has 4 rings (SSSR count). The van der Waals surface area contributed by atoms with Crippen LogP contribution >= 0.6 is 0 Å². The molecule has 9 heteroatoms. The van der Waals surface area contributed by atoms with E-state index >= 15 is 0 Å². The zero-order valence-electron chi connectivity index (χ0n) is 19.3. The van der Waals surface area contributed by atoms with E-state index in [2.05, 4.69) is 21.6 Å². The number of piperidine rings is 2. The Bertz CT molecular complexity index is 1090. The molecule has 0 N–H and O–H groups in total. The fraction of sp³-hybridized carbons (Fsp3) is 0.652. The minimum atomic E-state index is -0.133. The maximum Gasteiger partial charge on any atom is 0.309 e. The number of aromatic nitrogens is 4. The van der Waals surface area contributed by atoms with E-state index in [0.29, 0.717) is 56.2 Å². The molecule has 2 saturated heterocycles. The standard InChI is InChI=1S/C23H32N6O3/c1-4-6-14-29-18-19(25-23(29)27-12-8-7-9-13-27)24-22(26(3)20(18)30)28-15-10-17(11-16-28)21(31)32-5-2/h17H,5,7-16H2,1-3H3. The number of rotatable bonds is 5. The molecule has 32 heavy (non-hydrogen) atoms. The molecule has 172 valence electrons. The second-order valence-electron chi connectivity index (χ2n) is 8.43. The molecule has 9 nitrogen and oxygen atoms in total. The molecule has 0 atom stereocenters. The number of anilines is 2. The predicted octanol–water partition coefficient (Wildman–Crippen LogP) is 1.92. The summed E-state index contributed by atoms with van der Waals surface area (Å²) in [6, 6.07) is 0. The van der Waals surface area contributed by atoms with Gasteiger partial charge in [-0.05, 0) is 46.0 Å². The number of esters is 1. The molecule has 2 aromatic heterocycles. The molecule has 0 spiro atoms. The lowest BCUT2D eigenvalue weighted by molar-refractivity contribution is -0.148. The largest absolute Gasteiger partial charge is 0.466 e. The van der Waals surface area contributed by atoms with Crippen molar-refractivity contribution in [2.24, 2.45) is 13.0 Å². The number of carbonyl (C=O) groups excluding carboxylic acids is 1. The van der Waals surface area contributed by atoms with Gasteiger partial charge in [-0.2, -0.15) is 9.97 Å². The van der Waals surface area contributed by atoms with Crippen LogP contribution in [0, 0.1) is 17.8 Å². The number of carbonyl (C=O) groups is 1. The van der Waals surface area contributed by atoms with Crippen LogP contribution in [0.3, 0.4) is 0 Å². The summed E-state index contributed by atoms with van der Waals surface area (Å²) in [7, 11) is 1.75. The molecular formula is C23H32N6O3.